The summed E-state index contributed by atoms with van der Waals surface area (Å²) in [7, 11) is 0. The zero-order valence-corrected chi connectivity index (χ0v) is 30.3. The second kappa shape index (κ2) is 13.7. The first-order chi connectivity index (χ1) is 25.1. The molecule has 7 atom stereocenters. The number of allylic oxidation sites excluding steroid dienone is 1. The lowest BCUT2D eigenvalue weighted by atomic mass is 9.52. The van der Waals surface area contributed by atoms with Crippen molar-refractivity contribution in [3.8, 4) is 0 Å². The van der Waals surface area contributed by atoms with Gasteiger partial charge < -0.3 is 29.4 Å². The largest absolute Gasteiger partial charge is 0.456 e. The Bertz CT molecular complexity index is 1830. The molecule has 8 rings (SSSR count). The van der Waals surface area contributed by atoms with Gasteiger partial charge in [0.05, 0.1) is 23.9 Å². The van der Waals surface area contributed by atoms with Crippen LogP contribution in [-0.4, -0.2) is 60.2 Å². The summed E-state index contributed by atoms with van der Waals surface area (Å²) in [5.41, 5.74) is 4.97. The monoisotopic (exact) mass is 703 g/mol. The highest BCUT2D eigenvalue weighted by atomic mass is 16.8. The number of aliphatic hydroxyl groups excluding tert-OH is 1. The summed E-state index contributed by atoms with van der Waals surface area (Å²) in [5, 5.41) is 12.2. The fourth-order valence-electron chi connectivity index (χ4n) is 9.29. The summed E-state index contributed by atoms with van der Waals surface area (Å²) in [6, 6.07) is 27.1. The molecule has 2 heterocycles. The number of hydrogen-bond acceptors (Lipinski definition) is 7. The van der Waals surface area contributed by atoms with Crippen LogP contribution in [0.25, 0.3) is 6.08 Å². The molecule has 3 aromatic carbocycles. The highest BCUT2D eigenvalue weighted by molar-refractivity contribution is 5.95. The Labute approximate surface area is 306 Å². The lowest BCUT2D eigenvalue weighted by Crippen LogP contribution is -2.45. The zero-order valence-electron chi connectivity index (χ0n) is 30.3. The third-order valence-corrected chi connectivity index (χ3v) is 12.3. The Morgan fingerprint density at radius 2 is 1.60 bits per heavy atom. The molecule has 4 fully saturated rings. The van der Waals surface area contributed by atoms with E-state index in [0.29, 0.717) is 29.1 Å². The Hall–Kier alpha value is -4.08. The standard InChI is InChI=1S/C44H49NO7/c1-42(2)27-34-29(18-19-38-43(3,51-38)21-20-35(34)42)24-28-12-10-11-17-33(28)41(48)49-36-25-30(40(47)45-22-23-46)26-37-39(36)52-44(50-37,31-13-6-4-7-14-31)32-15-8-5-9-16-32/h4-17,24,26,34-39,46H,18-23,25,27H2,1-3H3,(H,45,47). The number of fused-ring (bicyclic) bond motifs is 3. The van der Waals surface area contributed by atoms with Gasteiger partial charge in [0, 0.05) is 29.7 Å². The van der Waals surface area contributed by atoms with E-state index in [4.69, 9.17) is 18.9 Å². The van der Waals surface area contributed by atoms with Gasteiger partial charge in [-0.25, -0.2) is 4.79 Å². The molecule has 0 bridgehead atoms. The van der Waals surface area contributed by atoms with Crippen LogP contribution in [0.2, 0.25) is 0 Å². The smallest absolute Gasteiger partial charge is 0.339 e. The Morgan fingerprint density at radius 1 is 0.904 bits per heavy atom. The van der Waals surface area contributed by atoms with E-state index in [9.17, 15) is 14.7 Å². The van der Waals surface area contributed by atoms with E-state index in [0.717, 1.165) is 48.8 Å². The van der Waals surface area contributed by atoms with E-state index in [-0.39, 0.29) is 36.5 Å². The van der Waals surface area contributed by atoms with Crippen LogP contribution in [0.5, 0.6) is 0 Å². The zero-order chi connectivity index (χ0) is 36.1. The normalized spacial score (nSPS) is 32.0. The Balaban J connectivity index is 1.11. The van der Waals surface area contributed by atoms with Crippen LogP contribution in [0.1, 0.15) is 86.3 Å². The number of rotatable bonds is 8. The Kier molecular flexibility index (Phi) is 9.23. The predicted molar refractivity (Wildman–Crippen MR) is 197 cm³/mol. The highest BCUT2D eigenvalue weighted by Crippen LogP contribution is 2.60. The molecule has 0 radical (unpaired) electrons. The summed E-state index contributed by atoms with van der Waals surface area (Å²) >= 11 is 0. The minimum Gasteiger partial charge on any atom is -0.456 e. The fourth-order valence-corrected chi connectivity index (χ4v) is 9.29. The van der Waals surface area contributed by atoms with Gasteiger partial charge in [0.1, 0.15) is 18.3 Å². The minimum absolute atomic E-state index is 0.00182. The predicted octanol–water partition coefficient (Wildman–Crippen LogP) is 7.11. The number of carbonyl (C=O) groups excluding carboxylic acids is 2. The third-order valence-electron chi connectivity index (χ3n) is 12.3. The van der Waals surface area contributed by atoms with Crippen LogP contribution in [0.4, 0.5) is 0 Å². The molecular weight excluding hydrogens is 654 g/mol. The molecule has 7 unspecified atom stereocenters. The highest BCUT2D eigenvalue weighted by Gasteiger charge is 2.57. The van der Waals surface area contributed by atoms with Crippen molar-refractivity contribution in [3.63, 3.8) is 0 Å². The van der Waals surface area contributed by atoms with Crippen LogP contribution >= 0.6 is 0 Å². The molecule has 3 aromatic rings. The number of aliphatic hydroxyl groups is 1. The van der Waals surface area contributed by atoms with Crippen molar-refractivity contribution < 1.29 is 33.6 Å². The summed E-state index contributed by atoms with van der Waals surface area (Å²) in [6.07, 6.45) is 7.54. The molecule has 2 saturated carbocycles. The van der Waals surface area contributed by atoms with Gasteiger partial charge in [0.15, 0.2) is 0 Å². The molecule has 52 heavy (non-hydrogen) atoms. The van der Waals surface area contributed by atoms with Crippen molar-refractivity contribution in [2.24, 2.45) is 17.3 Å². The fraction of sp³-hybridized carbons (Fsp3) is 0.455. The molecule has 8 nitrogen and oxygen atoms in total. The summed E-state index contributed by atoms with van der Waals surface area (Å²) in [5.74, 6) is -1.04. The number of epoxide rings is 1. The number of hydrogen-bond donors (Lipinski definition) is 2. The minimum atomic E-state index is -1.29. The van der Waals surface area contributed by atoms with Gasteiger partial charge in [-0.3, -0.25) is 4.79 Å². The summed E-state index contributed by atoms with van der Waals surface area (Å²) in [4.78, 5) is 27.6. The average molecular weight is 704 g/mol. The maximum Gasteiger partial charge on any atom is 0.339 e. The van der Waals surface area contributed by atoms with Gasteiger partial charge in [-0.05, 0) is 74.0 Å². The van der Waals surface area contributed by atoms with Crippen LogP contribution in [0, 0.1) is 17.3 Å². The molecule has 2 aliphatic heterocycles. The quantitative estimate of drug-likeness (QED) is 0.190. The molecule has 5 aliphatic rings. The first kappa shape index (κ1) is 35.0. The molecule has 1 amide bonds. The van der Waals surface area contributed by atoms with E-state index in [2.05, 4.69) is 32.2 Å². The average Bonchev–Trinajstić information content (AvgIpc) is 3.60. The molecule has 2 saturated heterocycles. The lowest BCUT2D eigenvalue weighted by molar-refractivity contribution is -0.157. The number of ether oxygens (including phenoxy) is 4. The van der Waals surface area contributed by atoms with E-state index in [1.54, 1.807) is 6.08 Å². The SMILES string of the molecule is CC1(C)CC2C(=Cc3ccccc3C(=O)OC3CC(C(=O)NCCO)=CC4OC(c5ccccc5)(c5ccccc5)OC43)CCC3OC3(C)CCC21. The molecule has 272 valence electrons. The van der Waals surface area contributed by atoms with Crippen LogP contribution < -0.4 is 5.32 Å². The number of esters is 1. The molecule has 0 aromatic heterocycles. The van der Waals surface area contributed by atoms with Crippen LogP contribution in [0.15, 0.2) is 102 Å². The number of carbonyl (C=O) groups is 2. The maximum atomic E-state index is 14.3. The first-order valence-electron chi connectivity index (χ1n) is 18.8. The molecule has 2 N–H and O–H groups in total. The van der Waals surface area contributed by atoms with Gasteiger partial charge >= 0.3 is 5.97 Å². The summed E-state index contributed by atoms with van der Waals surface area (Å²) < 4.78 is 26.3. The van der Waals surface area contributed by atoms with Crippen molar-refractivity contribution in [2.75, 3.05) is 13.2 Å². The van der Waals surface area contributed by atoms with Gasteiger partial charge in [0.2, 0.25) is 11.7 Å². The molecular formula is C44H49NO7. The van der Waals surface area contributed by atoms with Crippen molar-refractivity contribution in [1.82, 2.24) is 5.32 Å². The van der Waals surface area contributed by atoms with Gasteiger partial charge in [0.25, 0.3) is 0 Å². The molecule has 0 spiro atoms. The van der Waals surface area contributed by atoms with Crippen LogP contribution in [-0.2, 0) is 29.5 Å². The van der Waals surface area contributed by atoms with E-state index < -0.39 is 30.1 Å². The van der Waals surface area contributed by atoms with Crippen molar-refractivity contribution >= 4 is 18.0 Å². The van der Waals surface area contributed by atoms with Gasteiger partial charge in [-0.2, -0.15) is 0 Å². The molecule has 3 aliphatic carbocycles. The first-order valence-corrected chi connectivity index (χ1v) is 18.8. The second-order valence-electron chi connectivity index (χ2n) is 16.0. The third kappa shape index (κ3) is 6.44. The second-order valence-corrected chi connectivity index (χ2v) is 16.0. The van der Waals surface area contributed by atoms with Crippen molar-refractivity contribution in [2.45, 2.75) is 95.1 Å². The van der Waals surface area contributed by atoms with Gasteiger partial charge in [-0.1, -0.05) is 104 Å². The maximum absolute atomic E-state index is 14.3. The number of nitrogens with one attached hydrogen (secondary N) is 1. The Morgan fingerprint density at radius 3 is 2.29 bits per heavy atom. The van der Waals surface area contributed by atoms with Crippen molar-refractivity contribution in [1.29, 1.82) is 0 Å². The topological polar surface area (TPSA) is 107 Å². The lowest BCUT2D eigenvalue weighted by Gasteiger charge is -2.53. The van der Waals surface area contributed by atoms with E-state index in [1.807, 2.05) is 84.9 Å². The number of amides is 1. The van der Waals surface area contributed by atoms with E-state index >= 15 is 0 Å². The van der Waals surface area contributed by atoms with E-state index in [1.165, 1.54) is 5.57 Å². The molecule has 8 heteroatoms. The van der Waals surface area contributed by atoms with Gasteiger partial charge in [-0.15, -0.1) is 0 Å². The number of benzene rings is 3. The van der Waals surface area contributed by atoms with Crippen LogP contribution in [0.3, 0.4) is 0 Å². The van der Waals surface area contributed by atoms with Crippen molar-refractivity contribution in [3.05, 3.63) is 124 Å². The summed E-state index contributed by atoms with van der Waals surface area (Å²) in [6.45, 7) is 6.94.